The average molecular weight is 331 g/mol. The summed E-state index contributed by atoms with van der Waals surface area (Å²) >= 11 is 0. The van der Waals surface area contributed by atoms with E-state index in [0.717, 1.165) is 11.1 Å². The molecule has 2 fully saturated rings. The summed E-state index contributed by atoms with van der Waals surface area (Å²) in [6.45, 7) is 3.00. The molecule has 0 spiro atoms. The molecule has 3 amide bonds. The molecule has 0 radical (unpaired) electrons. The number of piperazine rings is 1. The van der Waals surface area contributed by atoms with E-state index in [9.17, 15) is 14.7 Å². The lowest BCUT2D eigenvalue weighted by Gasteiger charge is -2.54. The molecule has 0 aromatic heterocycles. The van der Waals surface area contributed by atoms with Gasteiger partial charge in [0.25, 0.3) is 0 Å². The molecule has 2 unspecified atom stereocenters. The van der Waals surface area contributed by atoms with Gasteiger partial charge in [-0.05, 0) is 24.5 Å². The summed E-state index contributed by atoms with van der Waals surface area (Å²) in [5.41, 5.74) is 1.40. The second kappa shape index (κ2) is 6.43. The zero-order valence-electron chi connectivity index (χ0n) is 14.3. The molecule has 3 rings (SSSR count). The first-order valence-electron chi connectivity index (χ1n) is 8.52. The van der Waals surface area contributed by atoms with Gasteiger partial charge in [0.1, 0.15) is 0 Å². The molecule has 2 aliphatic heterocycles. The molecule has 2 heterocycles. The van der Waals surface area contributed by atoms with Crippen LogP contribution in [0.5, 0.6) is 0 Å². The van der Waals surface area contributed by atoms with Crippen LogP contribution < -0.4 is 5.32 Å². The molecule has 2 N–H and O–H groups in total. The molecule has 2 aliphatic rings. The quantitative estimate of drug-likeness (QED) is 0.875. The molecule has 24 heavy (non-hydrogen) atoms. The Morgan fingerprint density at radius 1 is 1.38 bits per heavy atom. The Morgan fingerprint density at radius 3 is 2.79 bits per heavy atom. The van der Waals surface area contributed by atoms with E-state index in [1.54, 1.807) is 7.05 Å². The number of hydrogen-bond acceptors (Lipinski definition) is 3. The van der Waals surface area contributed by atoms with Crippen LogP contribution in [0.2, 0.25) is 0 Å². The van der Waals surface area contributed by atoms with Gasteiger partial charge in [-0.3, -0.25) is 4.79 Å². The van der Waals surface area contributed by atoms with Crippen molar-refractivity contribution in [3.8, 4) is 0 Å². The minimum absolute atomic E-state index is 0.0413. The van der Waals surface area contributed by atoms with Gasteiger partial charge in [-0.15, -0.1) is 0 Å². The van der Waals surface area contributed by atoms with E-state index in [0.29, 0.717) is 32.4 Å². The second-order valence-electron chi connectivity index (χ2n) is 6.56. The lowest BCUT2D eigenvalue weighted by Crippen LogP contribution is -2.67. The summed E-state index contributed by atoms with van der Waals surface area (Å²) in [6.07, 6.45) is 1.63. The van der Waals surface area contributed by atoms with Crippen LogP contribution in [0.4, 0.5) is 4.79 Å². The summed E-state index contributed by atoms with van der Waals surface area (Å²) in [5.74, 6) is 0.146. The highest BCUT2D eigenvalue weighted by molar-refractivity contribution is 5.81. The Hall–Kier alpha value is -2.08. The minimum Gasteiger partial charge on any atom is -0.396 e. The van der Waals surface area contributed by atoms with Gasteiger partial charge < -0.3 is 20.2 Å². The highest BCUT2D eigenvalue weighted by atomic mass is 16.3. The van der Waals surface area contributed by atoms with Crippen LogP contribution in [0.15, 0.2) is 24.3 Å². The fourth-order valence-electron chi connectivity index (χ4n) is 4.51. The molecule has 0 bridgehead atoms. The summed E-state index contributed by atoms with van der Waals surface area (Å²) in [7, 11) is 1.62. The number of benzene rings is 1. The van der Waals surface area contributed by atoms with Crippen LogP contribution >= 0.6 is 0 Å². The number of rotatable bonds is 3. The number of fused-ring (bicyclic) bond motifs is 1. The summed E-state index contributed by atoms with van der Waals surface area (Å²) in [6, 6.07) is 7.71. The minimum atomic E-state index is -0.690. The van der Waals surface area contributed by atoms with E-state index < -0.39 is 5.54 Å². The fraction of sp³-hybridized carbons (Fsp3) is 0.556. The Kier molecular flexibility index (Phi) is 4.49. The molecular formula is C18H25N3O3. The molecule has 130 valence electrons. The van der Waals surface area contributed by atoms with Gasteiger partial charge in [-0.2, -0.15) is 0 Å². The van der Waals surface area contributed by atoms with E-state index in [2.05, 4.69) is 5.32 Å². The standard InChI is InChI=1S/C18H25N3O3/c1-13-5-3-4-6-14(13)18(9-12-22)15-7-8-16(23)20(15)10-11-21(18)17(24)19-2/h3-6,15,22H,7-12H2,1-2H3,(H,19,24). The molecule has 0 saturated carbocycles. The fourth-order valence-corrected chi connectivity index (χ4v) is 4.51. The van der Waals surface area contributed by atoms with E-state index in [1.165, 1.54) is 0 Å². The smallest absolute Gasteiger partial charge is 0.318 e. The first-order chi connectivity index (χ1) is 11.6. The van der Waals surface area contributed by atoms with Crippen LogP contribution in [0.25, 0.3) is 0 Å². The van der Waals surface area contributed by atoms with E-state index in [1.807, 2.05) is 41.0 Å². The van der Waals surface area contributed by atoms with Gasteiger partial charge in [0.05, 0.1) is 11.6 Å². The zero-order chi connectivity index (χ0) is 17.3. The highest BCUT2D eigenvalue weighted by Gasteiger charge is 2.55. The molecule has 1 aromatic rings. The maximum absolute atomic E-state index is 12.6. The van der Waals surface area contributed by atoms with Crippen molar-refractivity contribution in [3.05, 3.63) is 35.4 Å². The molecule has 0 aliphatic carbocycles. The lowest BCUT2D eigenvalue weighted by molar-refractivity contribution is -0.135. The van der Waals surface area contributed by atoms with Crippen molar-refractivity contribution < 1.29 is 14.7 Å². The molecule has 1 aromatic carbocycles. The van der Waals surface area contributed by atoms with Crippen LogP contribution in [-0.2, 0) is 10.3 Å². The van der Waals surface area contributed by atoms with Gasteiger partial charge in [-0.25, -0.2) is 4.79 Å². The van der Waals surface area contributed by atoms with E-state index >= 15 is 0 Å². The second-order valence-corrected chi connectivity index (χ2v) is 6.56. The molecular weight excluding hydrogens is 306 g/mol. The third-order valence-electron chi connectivity index (χ3n) is 5.49. The molecule has 6 heteroatoms. The predicted octanol–water partition coefficient (Wildman–Crippen LogP) is 1.22. The Morgan fingerprint density at radius 2 is 2.12 bits per heavy atom. The van der Waals surface area contributed by atoms with Crippen molar-refractivity contribution in [2.24, 2.45) is 0 Å². The number of aryl methyl sites for hydroxylation is 1. The van der Waals surface area contributed by atoms with E-state index in [4.69, 9.17) is 0 Å². The number of aliphatic hydroxyl groups is 1. The van der Waals surface area contributed by atoms with Crippen LogP contribution in [0.3, 0.4) is 0 Å². The number of urea groups is 1. The van der Waals surface area contributed by atoms with Crippen molar-refractivity contribution in [2.75, 3.05) is 26.7 Å². The van der Waals surface area contributed by atoms with Gasteiger partial charge in [0, 0.05) is 39.6 Å². The monoisotopic (exact) mass is 331 g/mol. The highest BCUT2D eigenvalue weighted by Crippen LogP contribution is 2.46. The third-order valence-corrected chi connectivity index (χ3v) is 5.49. The SMILES string of the molecule is CNC(=O)N1CCN2C(=O)CCC2C1(CCO)c1ccccc1C. The third kappa shape index (κ3) is 2.36. The average Bonchev–Trinajstić information content (AvgIpc) is 2.97. The number of carbonyl (C=O) groups excluding carboxylic acids is 2. The van der Waals surface area contributed by atoms with Crippen LogP contribution in [-0.4, -0.2) is 59.6 Å². The van der Waals surface area contributed by atoms with Gasteiger partial charge >= 0.3 is 6.03 Å². The molecule has 6 nitrogen and oxygen atoms in total. The molecule has 2 saturated heterocycles. The maximum Gasteiger partial charge on any atom is 0.318 e. The maximum atomic E-state index is 12.6. The van der Waals surface area contributed by atoms with Crippen molar-refractivity contribution in [3.63, 3.8) is 0 Å². The van der Waals surface area contributed by atoms with Crippen LogP contribution in [0, 0.1) is 6.92 Å². The number of amides is 3. The summed E-state index contributed by atoms with van der Waals surface area (Å²) < 4.78 is 0. The first-order valence-corrected chi connectivity index (χ1v) is 8.52. The Labute approximate surface area is 142 Å². The Bertz CT molecular complexity index is 648. The number of nitrogens with zero attached hydrogens (tertiary/aromatic N) is 2. The van der Waals surface area contributed by atoms with Crippen LogP contribution in [0.1, 0.15) is 30.4 Å². The number of nitrogens with one attached hydrogen (secondary N) is 1. The first kappa shape index (κ1) is 16.8. The topological polar surface area (TPSA) is 72.9 Å². The van der Waals surface area contributed by atoms with Crippen molar-refractivity contribution >= 4 is 11.9 Å². The van der Waals surface area contributed by atoms with Crippen molar-refractivity contribution in [1.82, 2.24) is 15.1 Å². The number of carbonyl (C=O) groups is 2. The lowest BCUT2D eigenvalue weighted by atomic mass is 9.74. The zero-order valence-corrected chi connectivity index (χ0v) is 14.3. The van der Waals surface area contributed by atoms with Gasteiger partial charge in [0.2, 0.25) is 5.91 Å². The van der Waals surface area contributed by atoms with Crippen molar-refractivity contribution in [2.45, 2.75) is 37.8 Å². The summed E-state index contributed by atoms with van der Waals surface area (Å²) in [5, 5.41) is 12.6. The number of hydrogen-bond donors (Lipinski definition) is 2. The molecule has 2 atom stereocenters. The van der Waals surface area contributed by atoms with Crippen molar-refractivity contribution in [1.29, 1.82) is 0 Å². The largest absolute Gasteiger partial charge is 0.396 e. The normalized spacial score (nSPS) is 26.5. The summed E-state index contributed by atoms with van der Waals surface area (Å²) in [4.78, 5) is 28.7. The van der Waals surface area contributed by atoms with Gasteiger partial charge in [-0.1, -0.05) is 24.3 Å². The predicted molar refractivity (Wildman–Crippen MR) is 90.5 cm³/mol. The van der Waals surface area contributed by atoms with E-state index in [-0.39, 0.29) is 24.6 Å². The number of aliphatic hydroxyl groups excluding tert-OH is 1. The Balaban J connectivity index is 2.20. The van der Waals surface area contributed by atoms with Gasteiger partial charge in [0.15, 0.2) is 0 Å².